The number of nitrogens with one attached hydrogen (secondary N) is 1. The second kappa shape index (κ2) is 5.59. The van der Waals surface area contributed by atoms with E-state index in [4.69, 9.17) is 16.3 Å². The number of anilines is 1. The number of hydrogen-bond donors (Lipinski definition) is 1. The van der Waals surface area contributed by atoms with Crippen molar-refractivity contribution in [3.05, 3.63) is 41.4 Å². The predicted octanol–water partition coefficient (Wildman–Crippen LogP) is 2.08. The minimum Gasteiger partial charge on any atom is -0.478 e. The third-order valence-corrected chi connectivity index (χ3v) is 3.94. The van der Waals surface area contributed by atoms with Gasteiger partial charge in [-0.25, -0.2) is 22.8 Å². The number of hydrogen-bond acceptors (Lipinski definition) is 5. The Hall–Kier alpha value is -1.93. The molecule has 0 aliphatic heterocycles. The smallest absolute Gasteiger partial charge is 0.266 e. The van der Waals surface area contributed by atoms with E-state index in [9.17, 15) is 12.8 Å². The minimum atomic E-state index is -4.19. The van der Waals surface area contributed by atoms with E-state index in [2.05, 4.69) is 14.7 Å². The normalized spacial score (nSPS) is 11.2. The first kappa shape index (κ1) is 14.5. The highest BCUT2D eigenvalue weighted by Gasteiger charge is 2.23. The first-order valence-corrected chi connectivity index (χ1v) is 7.13. The van der Waals surface area contributed by atoms with E-state index in [1.807, 2.05) is 0 Å². The second-order valence-electron chi connectivity index (χ2n) is 3.57. The maximum Gasteiger partial charge on any atom is 0.266 e. The summed E-state index contributed by atoms with van der Waals surface area (Å²) in [5, 5.41) is -0.293. The summed E-state index contributed by atoms with van der Waals surface area (Å²) in [7, 11) is -2.88. The Kier molecular flexibility index (Phi) is 4.05. The molecule has 0 spiro atoms. The lowest BCUT2D eigenvalue weighted by atomic mass is 10.3. The Morgan fingerprint density at radius 3 is 2.70 bits per heavy atom. The third-order valence-electron chi connectivity index (χ3n) is 2.29. The molecule has 0 aliphatic carbocycles. The van der Waals surface area contributed by atoms with Crippen LogP contribution in [-0.2, 0) is 10.0 Å². The fraction of sp³-hybridized carbons (Fsp3) is 0.0909. The lowest BCUT2D eigenvalue weighted by Gasteiger charge is -2.10. The summed E-state index contributed by atoms with van der Waals surface area (Å²) in [4.78, 5) is 6.98. The van der Waals surface area contributed by atoms with E-state index in [0.29, 0.717) is 0 Å². The summed E-state index contributed by atoms with van der Waals surface area (Å²) in [6.07, 6.45) is 2.60. The van der Waals surface area contributed by atoms with Gasteiger partial charge in [-0.3, -0.25) is 4.72 Å². The highest BCUT2D eigenvalue weighted by Crippen LogP contribution is 2.25. The van der Waals surface area contributed by atoms with Crippen LogP contribution in [0.2, 0.25) is 5.02 Å². The highest BCUT2D eigenvalue weighted by molar-refractivity contribution is 7.92. The first-order chi connectivity index (χ1) is 9.45. The van der Waals surface area contributed by atoms with Crippen LogP contribution in [0.5, 0.6) is 5.88 Å². The van der Waals surface area contributed by atoms with E-state index in [-0.39, 0.29) is 16.7 Å². The van der Waals surface area contributed by atoms with Gasteiger partial charge in [0.2, 0.25) is 5.82 Å². The van der Waals surface area contributed by atoms with Crippen LogP contribution < -0.4 is 9.46 Å². The van der Waals surface area contributed by atoms with Gasteiger partial charge in [0.25, 0.3) is 15.9 Å². The molecule has 0 amide bonds. The molecule has 0 saturated carbocycles. The Morgan fingerprint density at radius 1 is 1.30 bits per heavy atom. The lowest BCUT2D eigenvalue weighted by molar-refractivity contribution is 0.398. The van der Waals surface area contributed by atoms with Gasteiger partial charge in [0.15, 0.2) is 5.82 Å². The van der Waals surface area contributed by atoms with Gasteiger partial charge in [-0.1, -0.05) is 17.7 Å². The second-order valence-corrected chi connectivity index (χ2v) is 5.63. The van der Waals surface area contributed by atoms with Crippen LogP contribution in [0.4, 0.5) is 10.2 Å². The Bertz CT molecular complexity index is 739. The molecule has 0 fully saturated rings. The average Bonchev–Trinajstić information content (AvgIpc) is 2.42. The molecule has 20 heavy (non-hydrogen) atoms. The molecule has 0 radical (unpaired) electrons. The first-order valence-electron chi connectivity index (χ1n) is 5.27. The summed E-state index contributed by atoms with van der Waals surface area (Å²) in [6.45, 7) is 0. The van der Waals surface area contributed by atoms with Gasteiger partial charge in [-0.15, -0.1) is 0 Å². The predicted molar refractivity (Wildman–Crippen MR) is 70.8 cm³/mol. The van der Waals surface area contributed by atoms with Gasteiger partial charge < -0.3 is 4.74 Å². The Labute approximate surface area is 119 Å². The van der Waals surface area contributed by atoms with Crippen molar-refractivity contribution < 1.29 is 17.5 Å². The van der Waals surface area contributed by atoms with Crippen LogP contribution in [0.15, 0.2) is 35.5 Å². The van der Waals surface area contributed by atoms with Crippen molar-refractivity contribution >= 4 is 27.4 Å². The summed E-state index contributed by atoms with van der Waals surface area (Å²) < 4.78 is 44.9. The molecule has 9 heteroatoms. The van der Waals surface area contributed by atoms with Crippen LogP contribution in [-0.4, -0.2) is 25.5 Å². The third kappa shape index (κ3) is 2.81. The number of ether oxygens (including phenoxy) is 1. The number of methoxy groups -OCH3 is 1. The fourth-order valence-electron chi connectivity index (χ4n) is 1.42. The van der Waals surface area contributed by atoms with Crippen molar-refractivity contribution in [1.82, 2.24) is 9.97 Å². The molecular formula is C11H9ClFN3O3S. The van der Waals surface area contributed by atoms with Crippen molar-refractivity contribution in [3.8, 4) is 5.88 Å². The van der Waals surface area contributed by atoms with Crippen LogP contribution in [0.3, 0.4) is 0 Å². The zero-order valence-electron chi connectivity index (χ0n) is 10.2. The van der Waals surface area contributed by atoms with Gasteiger partial charge >= 0.3 is 0 Å². The van der Waals surface area contributed by atoms with Crippen LogP contribution >= 0.6 is 11.6 Å². The maximum absolute atomic E-state index is 13.8. The Balaban J connectivity index is 2.44. The van der Waals surface area contributed by atoms with E-state index in [1.165, 1.54) is 31.6 Å². The monoisotopic (exact) mass is 317 g/mol. The molecule has 6 nitrogen and oxygen atoms in total. The van der Waals surface area contributed by atoms with E-state index in [1.54, 1.807) is 0 Å². The van der Waals surface area contributed by atoms with Crippen molar-refractivity contribution in [3.63, 3.8) is 0 Å². The molecule has 1 aromatic carbocycles. The standard InChI is InChI=1S/C11H9ClFN3O3S/c1-19-11-10(14-5-6-15-11)16-20(17,18)8-4-2-3-7(12)9(8)13/h2-6H,1H3,(H,14,16). The summed E-state index contributed by atoms with van der Waals surface area (Å²) in [6, 6.07) is 3.67. The number of benzene rings is 1. The van der Waals surface area contributed by atoms with Crippen molar-refractivity contribution in [2.75, 3.05) is 11.8 Å². The summed E-state index contributed by atoms with van der Waals surface area (Å²) in [5.74, 6) is -1.21. The van der Waals surface area contributed by atoms with E-state index < -0.39 is 20.7 Å². The lowest BCUT2D eigenvalue weighted by Crippen LogP contribution is -2.16. The minimum absolute atomic E-state index is 0.0292. The van der Waals surface area contributed by atoms with Gasteiger partial charge in [0.05, 0.1) is 12.1 Å². The molecule has 106 valence electrons. The number of halogens is 2. The number of rotatable bonds is 4. The van der Waals surface area contributed by atoms with E-state index in [0.717, 1.165) is 6.07 Å². The zero-order chi connectivity index (χ0) is 14.8. The molecule has 0 aliphatic rings. The van der Waals surface area contributed by atoms with Gasteiger partial charge in [-0.2, -0.15) is 0 Å². The number of nitrogens with zero attached hydrogens (tertiary/aromatic N) is 2. The van der Waals surface area contributed by atoms with Crippen molar-refractivity contribution in [1.29, 1.82) is 0 Å². The topological polar surface area (TPSA) is 81.2 Å². The van der Waals surface area contributed by atoms with E-state index >= 15 is 0 Å². The van der Waals surface area contributed by atoms with Crippen LogP contribution in [0, 0.1) is 5.82 Å². The highest BCUT2D eigenvalue weighted by atomic mass is 35.5. The molecule has 2 rings (SSSR count). The fourth-order valence-corrected chi connectivity index (χ4v) is 2.76. The molecule has 0 atom stereocenters. The molecule has 1 aromatic heterocycles. The molecule has 0 saturated heterocycles. The zero-order valence-corrected chi connectivity index (χ0v) is 11.7. The van der Waals surface area contributed by atoms with Crippen LogP contribution in [0.25, 0.3) is 0 Å². The quantitative estimate of drug-likeness (QED) is 0.933. The van der Waals surface area contributed by atoms with Crippen molar-refractivity contribution in [2.24, 2.45) is 0 Å². The SMILES string of the molecule is COc1nccnc1NS(=O)(=O)c1cccc(Cl)c1F. The Morgan fingerprint density at radius 2 is 2.00 bits per heavy atom. The average molecular weight is 318 g/mol. The number of sulfonamides is 1. The van der Waals surface area contributed by atoms with Gasteiger partial charge in [0.1, 0.15) is 4.90 Å². The van der Waals surface area contributed by atoms with Crippen LogP contribution in [0.1, 0.15) is 0 Å². The molecule has 2 aromatic rings. The summed E-state index contributed by atoms with van der Waals surface area (Å²) in [5.41, 5.74) is 0. The molecule has 0 bridgehead atoms. The molecular weight excluding hydrogens is 309 g/mol. The number of aromatic nitrogens is 2. The van der Waals surface area contributed by atoms with Gasteiger partial charge in [-0.05, 0) is 12.1 Å². The van der Waals surface area contributed by atoms with Crippen molar-refractivity contribution in [2.45, 2.75) is 4.90 Å². The van der Waals surface area contributed by atoms with Gasteiger partial charge in [0, 0.05) is 12.4 Å². The summed E-state index contributed by atoms with van der Waals surface area (Å²) >= 11 is 5.56. The molecule has 0 unspecified atom stereocenters. The molecule has 1 N–H and O–H groups in total. The molecule has 1 heterocycles. The maximum atomic E-state index is 13.8. The largest absolute Gasteiger partial charge is 0.478 e.